The Kier molecular flexibility index (Phi) is 5.72. The smallest absolute Gasteiger partial charge is 0.325 e. The average molecular weight is 346 g/mol. The van der Waals surface area contributed by atoms with Gasteiger partial charge in [0.1, 0.15) is 6.54 Å². The maximum Gasteiger partial charge on any atom is 0.325 e. The minimum atomic E-state index is -0.918. The number of aliphatic carboxylic acids is 1. The number of carbonyl (C=O) groups is 1. The Morgan fingerprint density at radius 3 is 2.52 bits per heavy atom. The van der Waals surface area contributed by atoms with Gasteiger partial charge < -0.3 is 19.9 Å². The fourth-order valence-electron chi connectivity index (χ4n) is 3.00. The third-order valence-corrected chi connectivity index (χ3v) is 4.27. The SMILES string of the molecule is COc1ccc(NC2=C(C)C(=NCC(=O)O)CC(C)(C)C2)cc1OC. The van der Waals surface area contributed by atoms with E-state index >= 15 is 0 Å². The predicted molar refractivity (Wildman–Crippen MR) is 98.8 cm³/mol. The van der Waals surface area contributed by atoms with Crippen molar-refractivity contribution in [2.45, 2.75) is 33.6 Å². The molecular formula is C19H26N2O4. The zero-order valence-corrected chi connectivity index (χ0v) is 15.5. The first-order valence-corrected chi connectivity index (χ1v) is 8.20. The number of methoxy groups -OCH3 is 2. The van der Waals surface area contributed by atoms with E-state index in [9.17, 15) is 4.79 Å². The quantitative estimate of drug-likeness (QED) is 0.820. The van der Waals surface area contributed by atoms with Crippen LogP contribution in [0.1, 0.15) is 33.6 Å². The number of nitrogens with one attached hydrogen (secondary N) is 1. The summed E-state index contributed by atoms with van der Waals surface area (Å²) in [5.74, 6) is 0.408. The predicted octanol–water partition coefficient (Wildman–Crippen LogP) is 3.74. The number of hydrogen-bond acceptors (Lipinski definition) is 5. The first-order valence-electron chi connectivity index (χ1n) is 8.20. The molecule has 2 rings (SSSR count). The Morgan fingerprint density at radius 1 is 1.24 bits per heavy atom. The van der Waals surface area contributed by atoms with Gasteiger partial charge in [-0.2, -0.15) is 0 Å². The van der Waals surface area contributed by atoms with E-state index in [1.165, 1.54) is 0 Å². The molecular weight excluding hydrogens is 320 g/mol. The first-order chi connectivity index (χ1) is 11.8. The van der Waals surface area contributed by atoms with E-state index < -0.39 is 5.97 Å². The van der Waals surface area contributed by atoms with Crippen molar-refractivity contribution in [3.8, 4) is 11.5 Å². The molecule has 0 saturated carbocycles. The lowest BCUT2D eigenvalue weighted by atomic mass is 9.75. The number of allylic oxidation sites excluding steroid dienone is 2. The topological polar surface area (TPSA) is 80.2 Å². The normalized spacial score (nSPS) is 18.2. The van der Waals surface area contributed by atoms with E-state index in [0.29, 0.717) is 11.5 Å². The van der Waals surface area contributed by atoms with Crippen LogP contribution in [0.3, 0.4) is 0 Å². The number of anilines is 1. The molecule has 1 aliphatic rings. The molecule has 0 spiro atoms. The van der Waals surface area contributed by atoms with Crippen LogP contribution >= 0.6 is 0 Å². The summed E-state index contributed by atoms with van der Waals surface area (Å²) in [6.45, 7) is 6.10. The van der Waals surface area contributed by atoms with E-state index in [1.54, 1.807) is 14.2 Å². The van der Waals surface area contributed by atoms with Crippen LogP contribution in [0, 0.1) is 5.41 Å². The van der Waals surface area contributed by atoms with Crippen LogP contribution in [0.5, 0.6) is 11.5 Å². The monoisotopic (exact) mass is 346 g/mol. The first kappa shape index (κ1) is 18.8. The van der Waals surface area contributed by atoms with Crippen molar-refractivity contribution in [3.05, 3.63) is 29.5 Å². The molecule has 1 aliphatic carbocycles. The molecule has 0 radical (unpaired) electrons. The highest BCUT2D eigenvalue weighted by Crippen LogP contribution is 2.38. The Bertz CT molecular complexity index is 720. The number of carboxylic acid groups (broad SMARTS) is 1. The van der Waals surface area contributed by atoms with Crippen molar-refractivity contribution in [1.82, 2.24) is 0 Å². The number of hydrogen-bond donors (Lipinski definition) is 2. The molecule has 0 aliphatic heterocycles. The highest BCUT2D eigenvalue weighted by molar-refractivity contribution is 6.02. The number of rotatable bonds is 6. The molecule has 6 heteroatoms. The minimum Gasteiger partial charge on any atom is -0.493 e. The summed E-state index contributed by atoms with van der Waals surface area (Å²) in [4.78, 5) is 15.1. The largest absolute Gasteiger partial charge is 0.493 e. The second kappa shape index (κ2) is 7.59. The molecule has 0 saturated heterocycles. The molecule has 0 aromatic heterocycles. The lowest BCUT2D eigenvalue weighted by Crippen LogP contribution is -2.28. The lowest BCUT2D eigenvalue weighted by Gasteiger charge is -2.34. The highest BCUT2D eigenvalue weighted by atomic mass is 16.5. The molecule has 136 valence electrons. The fraction of sp³-hybridized carbons (Fsp3) is 0.474. The van der Waals surface area contributed by atoms with Gasteiger partial charge in [-0.25, -0.2) is 0 Å². The second-order valence-electron chi connectivity index (χ2n) is 6.97. The summed E-state index contributed by atoms with van der Waals surface area (Å²) in [5.41, 5.74) is 3.81. The molecule has 25 heavy (non-hydrogen) atoms. The van der Waals surface area contributed by atoms with Gasteiger partial charge in [0.05, 0.1) is 14.2 Å². The average Bonchev–Trinajstić information content (AvgIpc) is 2.55. The molecule has 6 nitrogen and oxygen atoms in total. The van der Waals surface area contributed by atoms with Crippen LogP contribution in [-0.4, -0.2) is 37.6 Å². The Balaban J connectivity index is 2.33. The van der Waals surface area contributed by atoms with Gasteiger partial charge in [0.25, 0.3) is 0 Å². The van der Waals surface area contributed by atoms with Crippen LogP contribution < -0.4 is 14.8 Å². The number of carboxylic acids is 1. The zero-order valence-electron chi connectivity index (χ0n) is 15.5. The number of nitrogens with zero attached hydrogens (tertiary/aromatic N) is 1. The molecule has 0 amide bonds. The van der Waals surface area contributed by atoms with Crippen LogP contribution in [-0.2, 0) is 4.79 Å². The van der Waals surface area contributed by atoms with Crippen molar-refractivity contribution in [2.24, 2.45) is 10.4 Å². The van der Waals surface area contributed by atoms with Crippen molar-refractivity contribution in [2.75, 3.05) is 26.1 Å². The van der Waals surface area contributed by atoms with Crippen molar-refractivity contribution >= 4 is 17.4 Å². The van der Waals surface area contributed by atoms with Gasteiger partial charge >= 0.3 is 5.97 Å². The zero-order chi connectivity index (χ0) is 18.6. The van der Waals surface area contributed by atoms with Crippen LogP contribution in [0.4, 0.5) is 5.69 Å². The molecule has 1 aromatic rings. The van der Waals surface area contributed by atoms with Gasteiger partial charge in [-0.05, 0) is 42.9 Å². The van der Waals surface area contributed by atoms with Gasteiger partial charge in [0, 0.05) is 23.2 Å². The standard InChI is InChI=1S/C19H26N2O4/c1-12-14(20-11-18(22)23)9-19(2,3)10-15(12)21-13-6-7-16(24-4)17(8-13)25-5/h6-8,21H,9-11H2,1-5H3,(H,22,23). The van der Waals surface area contributed by atoms with Gasteiger partial charge in [-0.15, -0.1) is 0 Å². The van der Waals surface area contributed by atoms with Crippen molar-refractivity contribution < 1.29 is 19.4 Å². The van der Waals surface area contributed by atoms with E-state index in [4.69, 9.17) is 14.6 Å². The molecule has 0 atom stereocenters. The molecule has 2 N–H and O–H groups in total. The van der Waals surface area contributed by atoms with Crippen LogP contribution in [0.25, 0.3) is 0 Å². The van der Waals surface area contributed by atoms with Gasteiger partial charge in [-0.1, -0.05) is 13.8 Å². The van der Waals surface area contributed by atoms with Crippen LogP contribution in [0.15, 0.2) is 34.5 Å². The molecule has 0 heterocycles. The third-order valence-electron chi connectivity index (χ3n) is 4.27. The molecule has 0 bridgehead atoms. The second-order valence-corrected chi connectivity index (χ2v) is 6.97. The number of aliphatic imine (C=N–C) groups is 1. The summed E-state index contributed by atoms with van der Waals surface area (Å²) in [6, 6.07) is 5.66. The Morgan fingerprint density at radius 2 is 1.92 bits per heavy atom. The van der Waals surface area contributed by atoms with E-state index in [2.05, 4.69) is 24.2 Å². The summed E-state index contributed by atoms with van der Waals surface area (Å²) >= 11 is 0. The third kappa shape index (κ3) is 4.75. The van der Waals surface area contributed by atoms with Crippen molar-refractivity contribution in [1.29, 1.82) is 0 Å². The Labute approximate surface area is 148 Å². The lowest BCUT2D eigenvalue weighted by molar-refractivity contribution is -0.135. The molecule has 0 fully saturated rings. The van der Waals surface area contributed by atoms with Gasteiger partial charge in [0.15, 0.2) is 11.5 Å². The maximum absolute atomic E-state index is 10.8. The van der Waals surface area contributed by atoms with Crippen molar-refractivity contribution in [3.63, 3.8) is 0 Å². The minimum absolute atomic E-state index is 0.00966. The summed E-state index contributed by atoms with van der Waals surface area (Å²) < 4.78 is 10.6. The summed E-state index contributed by atoms with van der Waals surface area (Å²) in [6.07, 6.45) is 1.63. The summed E-state index contributed by atoms with van der Waals surface area (Å²) in [7, 11) is 3.21. The maximum atomic E-state index is 10.8. The summed E-state index contributed by atoms with van der Waals surface area (Å²) in [5, 5.41) is 12.3. The number of benzene rings is 1. The van der Waals surface area contributed by atoms with Gasteiger partial charge in [0.2, 0.25) is 0 Å². The fourth-order valence-corrected chi connectivity index (χ4v) is 3.00. The number of ether oxygens (including phenoxy) is 2. The Hall–Kier alpha value is -2.50. The van der Waals surface area contributed by atoms with E-state index in [1.807, 2.05) is 25.1 Å². The van der Waals surface area contributed by atoms with E-state index in [-0.39, 0.29) is 12.0 Å². The molecule has 1 aromatic carbocycles. The van der Waals surface area contributed by atoms with E-state index in [0.717, 1.165) is 35.5 Å². The van der Waals surface area contributed by atoms with Crippen LogP contribution in [0.2, 0.25) is 0 Å². The molecule has 0 unspecified atom stereocenters. The van der Waals surface area contributed by atoms with Gasteiger partial charge in [-0.3, -0.25) is 9.79 Å². The highest BCUT2D eigenvalue weighted by Gasteiger charge is 2.30.